The minimum absolute atomic E-state index is 0.00684. The summed E-state index contributed by atoms with van der Waals surface area (Å²) in [6.45, 7) is 1.93. The van der Waals surface area contributed by atoms with Crippen LogP contribution in [0.5, 0.6) is 5.75 Å². The van der Waals surface area contributed by atoms with Gasteiger partial charge in [-0.05, 0) is 55.5 Å². The van der Waals surface area contributed by atoms with Crippen LogP contribution in [-0.4, -0.2) is 27.9 Å². The molecule has 2 aromatic heterocycles. The molecule has 0 radical (unpaired) electrons. The molecule has 1 N–H and O–H groups in total. The smallest absolute Gasteiger partial charge is 0.262 e. The number of thiazole rings is 1. The molecule has 0 bridgehead atoms. The molecular weight excluding hydrogens is 493 g/mol. The summed E-state index contributed by atoms with van der Waals surface area (Å²) in [6.07, 6.45) is 3.45. The van der Waals surface area contributed by atoms with Crippen molar-refractivity contribution in [3.63, 3.8) is 0 Å². The third-order valence-electron chi connectivity index (χ3n) is 5.07. The van der Waals surface area contributed by atoms with Gasteiger partial charge >= 0.3 is 0 Å². The lowest BCUT2D eigenvalue weighted by atomic mass is 10.1. The number of hydrogen-bond donors (Lipinski definition) is 1. The molecule has 4 aromatic rings. The first kappa shape index (κ1) is 22.3. The predicted octanol–water partition coefficient (Wildman–Crippen LogP) is 5.75. The number of halogens is 2. The van der Waals surface area contributed by atoms with E-state index >= 15 is 0 Å². The molecule has 1 aliphatic rings. The summed E-state index contributed by atoms with van der Waals surface area (Å²) >= 11 is 13.7. The number of pyridine rings is 1. The van der Waals surface area contributed by atoms with Crippen LogP contribution in [0.3, 0.4) is 0 Å². The van der Waals surface area contributed by atoms with Crippen LogP contribution in [0.4, 0.5) is 11.4 Å². The number of fused-ring (bicyclic) bond motifs is 1. The summed E-state index contributed by atoms with van der Waals surface area (Å²) < 4.78 is 7.27. The van der Waals surface area contributed by atoms with E-state index in [9.17, 15) is 4.79 Å². The second-order valence-electron chi connectivity index (χ2n) is 7.39. The van der Waals surface area contributed by atoms with Gasteiger partial charge in [-0.3, -0.25) is 9.78 Å². The lowest BCUT2D eigenvalue weighted by molar-refractivity contribution is -0.118. The molecule has 0 aliphatic carbocycles. The van der Waals surface area contributed by atoms with Gasteiger partial charge in [-0.2, -0.15) is 5.10 Å². The number of carbonyl (C=O) groups is 1. The number of carbonyl (C=O) groups excluding carboxylic acids is 1. The van der Waals surface area contributed by atoms with Crippen LogP contribution in [0.25, 0.3) is 11.3 Å². The Hall–Kier alpha value is -3.46. The number of nitrogens with one attached hydrogen (secondary N) is 1. The molecule has 7 nitrogen and oxygen atoms in total. The molecule has 0 fully saturated rings. The van der Waals surface area contributed by atoms with E-state index in [1.54, 1.807) is 35.3 Å². The second-order valence-corrected chi connectivity index (χ2v) is 9.05. The highest BCUT2D eigenvalue weighted by Gasteiger charge is 2.18. The fourth-order valence-electron chi connectivity index (χ4n) is 3.38. The highest BCUT2D eigenvalue weighted by Crippen LogP contribution is 2.33. The summed E-state index contributed by atoms with van der Waals surface area (Å²) in [5, 5.41) is 10.6. The molecule has 2 aromatic carbocycles. The van der Waals surface area contributed by atoms with Crippen LogP contribution < -0.4 is 14.9 Å². The number of aromatic nitrogens is 2. The lowest BCUT2D eigenvalue weighted by Gasteiger charge is -2.18. The van der Waals surface area contributed by atoms with Crippen molar-refractivity contribution in [2.75, 3.05) is 11.9 Å². The zero-order chi connectivity index (χ0) is 23.7. The Balaban J connectivity index is 1.67. The summed E-state index contributed by atoms with van der Waals surface area (Å²) in [5.41, 5.74) is 4.64. The minimum Gasteiger partial charge on any atom is -0.482 e. The molecule has 0 atom stereocenters. The van der Waals surface area contributed by atoms with E-state index in [0.29, 0.717) is 32.0 Å². The van der Waals surface area contributed by atoms with Crippen LogP contribution in [0.2, 0.25) is 10.0 Å². The summed E-state index contributed by atoms with van der Waals surface area (Å²) in [7, 11) is 0. The molecule has 0 saturated heterocycles. The first-order valence-electron chi connectivity index (χ1n) is 10.2. The van der Waals surface area contributed by atoms with Gasteiger partial charge in [0.25, 0.3) is 5.91 Å². The molecule has 0 unspecified atom stereocenters. The number of nitrogens with zero attached hydrogens (tertiary/aromatic N) is 4. The molecule has 0 spiro atoms. The molecule has 34 heavy (non-hydrogen) atoms. The van der Waals surface area contributed by atoms with Gasteiger partial charge < -0.3 is 10.1 Å². The maximum Gasteiger partial charge on any atom is 0.262 e. The van der Waals surface area contributed by atoms with E-state index in [0.717, 1.165) is 22.5 Å². The standard InChI is InChI=1S/C24H17Cl2N5O2S/c1-14(15-6-8-27-9-7-15)30-31-21(16-2-5-22-20(10-16)29-23(32)12-33-22)13-34-24(31)28-17-3-4-18(25)19(26)11-17/h2-11,13H,12H2,1H3,(H,29,32). The van der Waals surface area contributed by atoms with Crippen LogP contribution in [0, 0.1) is 0 Å². The van der Waals surface area contributed by atoms with Crippen LogP contribution in [-0.2, 0) is 4.79 Å². The fourth-order valence-corrected chi connectivity index (χ4v) is 4.52. The number of benzene rings is 2. The van der Waals surface area contributed by atoms with Crippen molar-refractivity contribution in [3.05, 3.63) is 86.7 Å². The maximum atomic E-state index is 11.8. The fraction of sp³-hybridized carbons (Fsp3) is 0.0833. The van der Waals surface area contributed by atoms with Crippen molar-refractivity contribution >= 4 is 57.5 Å². The Kier molecular flexibility index (Phi) is 6.19. The molecule has 10 heteroatoms. The SMILES string of the molecule is CC(=Nn1c(-c2ccc3c(c2)NC(=O)CO3)csc1=Nc1ccc(Cl)c(Cl)c1)c1ccncc1. The van der Waals surface area contributed by atoms with Crippen LogP contribution in [0.15, 0.2) is 76.4 Å². The zero-order valence-electron chi connectivity index (χ0n) is 17.8. The van der Waals surface area contributed by atoms with Crippen molar-refractivity contribution in [1.29, 1.82) is 0 Å². The van der Waals surface area contributed by atoms with E-state index in [4.69, 9.17) is 38.0 Å². The maximum absolute atomic E-state index is 11.8. The van der Waals surface area contributed by atoms with Gasteiger partial charge in [-0.25, -0.2) is 9.67 Å². The second kappa shape index (κ2) is 9.42. The zero-order valence-corrected chi connectivity index (χ0v) is 20.2. The van der Waals surface area contributed by atoms with Crippen molar-refractivity contribution in [2.24, 2.45) is 10.1 Å². The van der Waals surface area contributed by atoms with Crippen molar-refractivity contribution in [2.45, 2.75) is 6.92 Å². The molecular formula is C24H17Cl2N5O2S. The van der Waals surface area contributed by atoms with E-state index in [1.165, 1.54) is 11.3 Å². The van der Waals surface area contributed by atoms with Crippen LogP contribution in [0.1, 0.15) is 12.5 Å². The van der Waals surface area contributed by atoms with Gasteiger partial charge in [-0.1, -0.05) is 23.2 Å². The Morgan fingerprint density at radius 3 is 2.74 bits per heavy atom. The predicted molar refractivity (Wildman–Crippen MR) is 135 cm³/mol. The molecule has 1 amide bonds. The van der Waals surface area contributed by atoms with Gasteiger partial charge in [0.05, 0.1) is 32.8 Å². The van der Waals surface area contributed by atoms with E-state index in [1.807, 2.05) is 42.6 Å². The normalized spacial score (nSPS) is 13.9. The van der Waals surface area contributed by atoms with Crippen molar-refractivity contribution in [3.8, 4) is 17.0 Å². The first-order chi connectivity index (χ1) is 16.5. The average Bonchev–Trinajstić information content (AvgIpc) is 3.23. The monoisotopic (exact) mass is 509 g/mol. The Morgan fingerprint density at radius 2 is 1.94 bits per heavy atom. The number of rotatable bonds is 4. The molecule has 3 heterocycles. The Bertz CT molecular complexity index is 1490. The number of amides is 1. The summed E-state index contributed by atoms with van der Waals surface area (Å²) in [6, 6.07) is 14.6. The highest BCUT2D eigenvalue weighted by molar-refractivity contribution is 7.07. The van der Waals surface area contributed by atoms with Crippen molar-refractivity contribution in [1.82, 2.24) is 9.66 Å². The Morgan fingerprint density at radius 1 is 1.12 bits per heavy atom. The topological polar surface area (TPSA) is 80.9 Å². The van der Waals surface area contributed by atoms with Gasteiger partial charge in [0.15, 0.2) is 6.61 Å². The quantitative estimate of drug-likeness (QED) is 0.355. The van der Waals surface area contributed by atoms with Gasteiger partial charge in [0.1, 0.15) is 5.75 Å². The average molecular weight is 510 g/mol. The molecule has 5 rings (SSSR count). The number of hydrogen-bond acceptors (Lipinski definition) is 6. The van der Waals surface area contributed by atoms with Gasteiger partial charge in [0, 0.05) is 28.9 Å². The number of anilines is 1. The summed E-state index contributed by atoms with van der Waals surface area (Å²) in [5.74, 6) is 0.437. The minimum atomic E-state index is -0.190. The summed E-state index contributed by atoms with van der Waals surface area (Å²) in [4.78, 5) is 21.3. The first-order valence-corrected chi connectivity index (χ1v) is 11.8. The van der Waals surface area contributed by atoms with E-state index in [-0.39, 0.29) is 12.5 Å². The highest BCUT2D eigenvalue weighted by atomic mass is 35.5. The Labute approximate surface area is 209 Å². The largest absolute Gasteiger partial charge is 0.482 e. The van der Waals surface area contributed by atoms with Gasteiger partial charge in [0.2, 0.25) is 4.80 Å². The molecule has 0 saturated carbocycles. The third-order valence-corrected chi connectivity index (χ3v) is 6.62. The van der Waals surface area contributed by atoms with E-state index in [2.05, 4.69) is 10.3 Å². The van der Waals surface area contributed by atoms with Gasteiger partial charge in [-0.15, -0.1) is 11.3 Å². The number of ether oxygens (including phenoxy) is 1. The van der Waals surface area contributed by atoms with E-state index < -0.39 is 0 Å². The lowest BCUT2D eigenvalue weighted by Crippen LogP contribution is -2.25. The molecule has 170 valence electrons. The molecule has 1 aliphatic heterocycles. The third kappa shape index (κ3) is 4.61. The van der Waals surface area contributed by atoms with Crippen molar-refractivity contribution < 1.29 is 9.53 Å². The van der Waals surface area contributed by atoms with Crippen LogP contribution >= 0.6 is 34.5 Å².